The highest BCUT2D eigenvalue weighted by Crippen LogP contribution is 2.50. The summed E-state index contributed by atoms with van der Waals surface area (Å²) < 4.78 is 0. The summed E-state index contributed by atoms with van der Waals surface area (Å²) in [5.74, 6) is 0.457. The average molecular weight is 538 g/mol. The van der Waals surface area contributed by atoms with Crippen molar-refractivity contribution in [2.45, 2.75) is 19.8 Å². The third kappa shape index (κ3) is 4.09. The molecular formula is C41H31N. The molecule has 7 aromatic carbocycles. The van der Waals surface area contributed by atoms with Gasteiger partial charge in [-0.2, -0.15) is 0 Å². The van der Waals surface area contributed by atoms with E-state index in [-0.39, 0.29) is 0 Å². The van der Waals surface area contributed by atoms with E-state index in [2.05, 4.69) is 164 Å². The molecule has 1 heteroatoms. The highest BCUT2D eigenvalue weighted by molar-refractivity contribution is 6.12. The molecular weight excluding hydrogens is 506 g/mol. The van der Waals surface area contributed by atoms with E-state index in [0.29, 0.717) is 5.92 Å². The highest BCUT2D eigenvalue weighted by Gasteiger charge is 2.24. The van der Waals surface area contributed by atoms with Crippen molar-refractivity contribution in [1.82, 2.24) is 0 Å². The molecule has 1 nitrogen and oxygen atoms in total. The van der Waals surface area contributed by atoms with Crippen LogP contribution in [0.5, 0.6) is 0 Å². The third-order valence-electron chi connectivity index (χ3n) is 8.71. The van der Waals surface area contributed by atoms with Crippen LogP contribution in [0.2, 0.25) is 0 Å². The van der Waals surface area contributed by atoms with Gasteiger partial charge in [0.2, 0.25) is 0 Å². The van der Waals surface area contributed by atoms with Crippen molar-refractivity contribution in [3.05, 3.63) is 151 Å². The lowest BCUT2D eigenvalue weighted by atomic mass is 9.78. The summed E-state index contributed by atoms with van der Waals surface area (Å²) in [7, 11) is 0. The van der Waals surface area contributed by atoms with Gasteiger partial charge in [0.1, 0.15) is 0 Å². The van der Waals surface area contributed by atoms with Crippen molar-refractivity contribution < 1.29 is 0 Å². The lowest BCUT2D eigenvalue weighted by Crippen LogP contribution is -2.10. The number of nitrogens with zero attached hydrogens (tertiary/aromatic N) is 1. The number of rotatable bonds is 5. The summed E-state index contributed by atoms with van der Waals surface area (Å²) in [4.78, 5) is 2.39. The number of benzene rings is 7. The molecule has 0 unspecified atom stereocenters. The fraction of sp³-hybridized carbons (Fsp3) is 0.0732. The molecule has 0 atom stereocenters. The van der Waals surface area contributed by atoms with Gasteiger partial charge in [-0.05, 0) is 127 Å². The van der Waals surface area contributed by atoms with E-state index in [1.54, 1.807) is 0 Å². The van der Waals surface area contributed by atoms with E-state index in [1.165, 1.54) is 66.2 Å². The molecule has 0 saturated carbocycles. The maximum absolute atomic E-state index is 2.39. The number of hydrogen-bond acceptors (Lipinski definition) is 1. The smallest absolute Gasteiger partial charge is 0.0468 e. The average Bonchev–Trinajstić information content (AvgIpc) is 3.04. The second-order valence-corrected chi connectivity index (χ2v) is 11.7. The van der Waals surface area contributed by atoms with Gasteiger partial charge in [0.25, 0.3) is 0 Å². The molecule has 0 spiro atoms. The maximum Gasteiger partial charge on any atom is 0.0468 e. The molecule has 0 bridgehead atoms. The zero-order chi connectivity index (χ0) is 28.2. The Hall–Kier alpha value is -5.14. The Bertz CT molecular complexity index is 2100. The van der Waals surface area contributed by atoms with Crippen molar-refractivity contribution in [2.24, 2.45) is 0 Å². The second kappa shape index (κ2) is 9.75. The first-order valence-electron chi connectivity index (χ1n) is 14.8. The van der Waals surface area contributed by atoms with E-state index in [4.69, 9.17) is 0 Å². The quantitative estimate of drug-likeness (QED) is 0.211. The summed E-state index contributed by atoms with van der Waals surface area (Å²) in [5, 5.41) is 5.13. The number of hydrogen-bond donors (Lipinski definition) is 0. The summed E-state index contributed by atoms with van der Waals surface area (Å²) >= 11 is 0. The summed E-state index contributed by atoms with van der Waals surface area (Å²) in [6.45, 7) is 4.51. The first-order chi connectivity index (χ1) is 20.6. The standard InChI is InChI=1S/C41H31N/c1-27(2)30-13-8-14-36(21-30)42(35-18-15-29(16-19-35)28-9-4-3-5-10-28)37-20-17-33-25-40-38-23-31-11-6-7-12-32(31)24-39(38)41(40)26-34(33)22-37/h3-27H,1-2H3. The first kappa shape index (κ1) is 24.6. The van der Waals surface area contributed by atoms with Crippen LogP contribution in [0.3, 0.4) is 0 Å². The lowest BCUT2D eigenvalue weighted by Gasteiger charge is -2.28. The van der Waals surface area contributed by atoms with E-state index in [0.717, 1.165) is 11.4 Å². The Balaban J connectivity index is 1.24. The Labute approximate surface area is 247 Å². The van der Waals surface area contributed by atoms with Gasteiger partial charge in [0, 0.05) is 17.1 Å². The molecule has 0 saturated heterocycles. The molecule has 0 fully saturated rings. The molecule has 8 rings (SSSR count). The Morgan fingerprint density at radius 1 is 0.381 bits per heavy atom. The second-order valence-electron chi connectivity index (χ2n) is 11.7. The molecule has 1 aliphatic rings. The van der Waals surface area contributed by atoms with E-state index in [1.807, 2.05) is 0 Å². The van der Waals surface area contributed by atoms with Crippen LogP contribution in [-0.2, 0) is 0 Å². The SMILES string of the molecule is CC(C)c1cccc(N(c2ccc(-c3ccccc3)cc2)c2ccc3cc4c(cc3c2)-c2cc3ccccc3cc2-4)c1. The fourth-order valence-electron chi connectivity index (χ4n) is 6.40. The minimum atomic E-state index is 0.457. The summed E-state index contributed by atoms with van der Waals surface area (Å²) in [5.41, 5.74) is 12.7. The van der Waals surface area contributed by atoms with Gasteiger partial charge in [-0.3, -0.25) is 0 Å². The fourth-order valence-corrected chi connectivity index (χ4v) is 6.40. The molecule has 0 aromatic heterocycles. The maximum atomic E-state index is 2.39. The van der Waals surface area contributed by atoms with Gasteiger partial charge >= 0.3 is 0 Å². The summed E-state index contributed by atoms with van der Waals surface area (Å²) in [6, 6.07) is 53.5. The molecule has 200 valence electrons. The van der Waals surface area contributed by atoms with Crippen LogP contribution >= 0.6 is 0 Å². The minimum Gasteiger partial charge on any atom is -0.310 e. The van der Waals surface area contributed by atoms with Crippen LogP contribution in [0.1, 0.15) is 25.3 Å². The van der Waals surface area contributed by atoms with Crippen molar-refractivity contribution in [1.29, 1.82) is 0 Å². The number of anilines is 3. The van der Waals surface area contributed by atoms with E-state index in [9.17, 15) is 0 Å². The largest absolute Gasteiger partial charge is 0.310 e. The molecule has 0 N–H and O–H groups in total. The molecule has 0 radical (unpaired) electrons. The third-order valence-corrected chi connectivity index (χ3v) is 8.71. The normalized spacial score (nSPS) is 11.8. The Morgan fingerprint density at radius 3 is 1.55 bits per heavy atom. The Kier molecular flexibility index (Phi) is 5.72. The van der Waals surface area contributed by atoms with Crippen LogP contribution in [0.4, 0.5) is 17.1 Å². The number of fused-ring (bicyclic) bond motifs is 6. The molecule has 42 heavy (non-hydrogen) atoms. The predicted octanol–water partition coefficient (Wildman–Crippen LogP) is 11.9. The highest BCUT2D eigenvalue weighted by atomic mass is 15.1. The predicted molar refractivity (Wildman–Crippen MR) is 180 cm³/mol. The van der Waals surface area contributed by atoms with Crippen molar-refractivity contribution >= 4 is 38.6 Å². The van der Waals surface area contributed by atoms with Crippen molar-refractivity contribution in [2.75, 3.05) is 4.90 Å². The zero-order valence-electron chi connectivity index (χ0n) is 23.9. The molecule has 1 aliphatic carbocycles. The minimum absolute atomic E-state index is 0.457. The van der Waals surface area contributed by atoms with E-state index >= 15 is 0 Å². The van der Waals surface area contributed by atoms with Gasteiger partial charge < -0.3 is 4.90 Å². The topological polar surface area (TPSA) is 3.24 Å². The lowest BCUT2D eigenvalue weighted by molar-refractivity contribution is 0.866. The molecule has 0 heterocycles. The van der Waals surface area contributed by atoms with Crippen LogP contribution in [0, 0.1) is 0 Å². The van der Waals surface area contributed by atoms with Crippen LogP contribution in [0.25, 0.3) is 54.9 Å². The molecule has 0 amide bonds. The Morgan fingerprint density at radius 2 is 0.905 bits per heavy atom. The molecule has 0 aliphatic heterocycles. The van der Waals surface area contributed by atoms with Gasteiger partial charge in [0.05, 0.1) is 0 Å². The van der Waals surface area contributed by atoms with Crippen LogP contribution in [-0.4, -0.2) is 0 Å². The summed E-state index contributed by atoms with van der Waals surface area (Å²) in [6.07, 6.45) is 0. The van der Waals surface area contributed by atoms with Crippen LogP contribution in [0.15, 0.2) is 146 Å². The van der Waals surface area contributed by atoms with Gasteiger partial charge in [-0.15, -0.1) is 0 Å². The van der Waals surface area contributed by atoms with Crippen molar-refractivity contribution in [3.8, 4) is 33.4 Å². The van der Waals surface area contributed by atoms with Gasteiger partial charge in [0.15, 0.2) is 0 Å². The van der Waals surface area contributed by atoms with Gasteiger partial charge in [-0.1, -0.05) is 98.8 Å². The van der Waals surface area contributed by atoms with Crippen molar-refractivity contribution in [3.63, 3.8) is 0 Å². The zero-order valence-corrected chi connectivity index (χ0v) is 23.9. The van der Waals surface area contributed by atoms with Gasteiger partial charge in [-0.25, -0.2) is 0 Å². The van der Waals surface area contributed by atoms with E-state index < -0.39 is 0 Å². The molecule has 7 aromatic rings. The first-order valence-corrected chi connectivity index (χ1v) is 14.8. The van der Waals surface area contributed by atoms with Crippen LogP contribution < -0.4 is 4.90 Å². The monoisotopic (exact) mass is 537 g/mol.